The molecule has 0 aromatic heterocycles. The molecule has 16 heavy (non-hydrogen) atoms. The van der Waals surface area contributed by atoms with Crippen molar-refractivity contribution in [3.63, 3.8) is 0 Å². The highest BCUT2D eigenvalue weighted by molar-refractivity contribution is 5.80. The lowest BCUT2D eigenvalue weighted by Gasteiger charge is -2.08. The van der Waals surface area contributed by atoms with Crippen LogP contribution in [0.1, 0.15) is 6.92 Å². The maximum absolute atomic E-state index is 12.5. The lowest BCUT2D eigenvalue weighted by molar-refractivity contribution is -0.123. The first-order valence-electron chi connectivity index (χ1n) is 4.67. The van der Waals surface area contributed by atoms with E-state index in [0.717, 1.165) is 0 Å². The highest BCUT2D eigenvalue weighted by Gasteiger charge is 2.07. The predicted octanol–water partition coefficient (Wildman–Crippen LogP) is 0.819. The second-order valence-electron chi connectivity index (χ2n) is 3.15. The van der Waals surface area contributed by atoms with Crippen molar-refractivity contribution in [2.24, 2.45) is 0 Å². The molecule has 0 unspecified atom stereocenters. The van der Waals surface area contributed by atoms with Gasteiger partial charge in [-0.3, -0.25) is 9.59 Å². The van der Waals surface area contributed by atoms with Gasteiger partial charge in [0.2, 0.25) is 6.29 Å². The zero-order chi connectivity index (χ0) is 12.0. The second kappa shape index (κ2) is 5.85. The molecular formula is C11H11FNO3. The number of rotatable bonds is 5. The lowest BCUT2D eigenvalue weighted by Crippen LogP contribution is -2.36. The maximum Gasteiger partial charge on any atom is 0.258 e. The van der Waals surface area contributed by atoms with Crippen LogP contribution in [0.4, 0.5) is 4.39 Å². The standard InChI is InChI=1S/C11H11FNO3/c1-8(6-14)13-11(15)7-16-10-4-2-9(12)3-5-10/h2-5,8H,7H2,1H3,(H,13,15)/t8-/m0/s1. The average Bonchev–Trinajstić information content (AvgIpc) is 2.28. The zero-order valence-corrected chi connectivity index (χ0v) is 8.70. The topological polar surface area (TPSA) is 55.4 Å². The van der Waals surface area contributed by atoms with E-state index in [4.69, 9.17) is 4.74 Å². The van der Waals surface area contributed by atoms with Gasteiger partial charge in [-0.05, 0) is 31.2 Å². The summed E-state index contributed by atoms with van der Waals surface area (Å²) >= 11 is 0. The molecule has 0 aliphatic heterocycles. The van der Waals surface area contributed by atoms with Crippen LogP contribution in [0.3, 0.4) is 0 Å². The van der Waals surface area contributed by atoms with E-state index in [1.54, 1.807) is 6.29 Å². The molecule has 5 heteroatoms. The molecule has 0 heterocycles. The fourth-order valence-corrected chi connectivity index (χ4v) is 0.992. The summed E-state index contributed by atoms with van der Waals surface area (Å²) in [6.45, 7) is 1.28. The molecule has 0 saturated heterocycles. The summed E-state index contributed by atoms with van der Waals surface area (Å²) in [4.78, 5) is 21.3. The van der Waals surface area contributed by atoms with E-state index in [-0.39, 0.29) is 12.4 Å². The Morgan fingerprint density at radius 2 is 2.12 bits per heavy atom. The van der Waals surface area contributed by atoms with Crippen LogP contribution >= 0.6 is 0 Å². The Balaban J connectivity index is 2.37. The van der Waals surface area contributed by atoms with E-state index in [1.165, 1.54) is 31.2 Å². The summed E-state index contributed by atoms with van der Waals surface area (Å²) < 4.78 is 17.6. The summed E-state index contributed by atoms with van der Waals surface area (Å²) in [5, 5.41) is 2.35. The first kappa shape index (κ1) is 12.2. The van der Waals surface area contributed by atoms with Gasteiger partial charge >= 0.3 is 0 Å². The Hall–Kier alpha value is -1.91. The third-order valence-electron chi connectivity index (χ3n) is 1.74. The number of amides is 1. The minimum atomic E-state index is -0.663. The van der Waals surface area contributed by atoms with Crippen molar-refractivity contribution < 1.29 is 18.7 Å². The molecule has 1 atom stereocenters. The zero-order valence-electron chi connectivity index (χ0n) is 8.70. The van der Waals surface area contributed by atoms with Crippen molar-refractivity contribution in [3.05, 3.63) is 30.1 Å². The van der Waals surface area contributed by atoms with Gasteiger partial charge in [0.15, 0.2) is 6.61 Å². The van der Waals surface area contributed by atoms with Crippen LogP contribution in [0.25, 0.3) is 0 Å². The van der Waals surface area contributed by atoms with Gasteiger partial charge in [-0.1, -0.05) is 0 Å². The molecule has 1 radical (unpaired) electrons. The number of benzene rings is 1. The van der Waals surface area contributed by atoms with E-state index >= 15 is 0 Å². The first-order chi connectivity index (χ1) is 7.61. The number of hydrogen-bond acceptors (Lipinski definition) is 3. The molecule has 1 N–H and O–H groups in total. The Labute approximate surface area is 92.4 Å². The Morgan fingerprint density at radius 1 is 1.50 bits per heavy atom. The van der Waals surface area contributed by atoms with E-state index < -0.39 is 11.9 Å². The fourth-order valence-electron chi connectivity index (χ4n) is 0.992. The molecule has 0 bridgehead atoms. The van der Waals surface area contributed by atoms with Crippen LogP contribution in [-0.2, 0) is 9.59 Å². The van der Waals surface area contributed by atoms with Crippen molar-refractivity contribution in [3.8, 4) is 5.75 Å². The molecule has 0 fully saturated rings. The monoisotopic (exact) mass is 224 g/mol. The van der Waals surface area contributed by atoms with E-state index in [0.29, 0.717) is 5.75 Å². The Bertz CT molecular complexity index is 364. The number of nitrogens with one attached hydrogen (secondary N) is 1. The third-order valence-corrected chi connectivity index (χ3v) is 1.74. The Kier molecular flexibility index (Phi) is 4.44. The summed E-state index contributed by atoms with van der Waals surface area (Å²) in [7, 11) is 0. The largest absolute Gasteiger partial charge is 0.484 e. The second-order valence-corrected chi connectivity index (χ2v) is 3.15. The number of hydrogen-bond donors (Lipinski definition) is 1. The molecule has 1 amide bonds. The predicted molar refractivity (Wildman–Crippen MR) is 55.2 cm³/mol. The third kappa shape index (κ3) is 4.08. The summed E-state index contributed by atoms with van der Waals surface area (Å²) in [5.74, 6) is -0.416. The molecular weight excluding hydrogens is 213 g/mol. The minimum Gasteiger partial charge on any atom is -0.484 e. The quantitative estimate of drug-likeness (QED) is 0.805. The average molecular weight is 224 g/mol. The number of carbonyl (C=O) groups excluding carboxylic acids is 2. The minimum absolute atomic E-state index is 0.225. The highest BCUT2D eigenvalue weighted by atomic mass is 19.1. The van der Waals surface area contributed by atoms with Crippen molar-refractivity contribution in [1.29, 1.82) is 0 Å². The number of carbonyl (C=O) groups is 1. The van der Waals surface area contributed by atoms with E-state index in [2.05, 4.69) is 5.32 Å². The lowest BCUT2D eigenvalue weighted by atomic mass is 10.3. The molecule has 85 valence electrons. The smallest absolute Gasteiger partial charge is 0.258 e. The first-order valence-corrected chi connectivity index (χ1v) is 4.67. The van der Waals surface area contributed by atoms with E-state index in [1.807, 2.05) is 0 Å². The normalized spacial score (nSPS) is 11.6. The van der Waals surface area contributed by atoms with Gasteiger partial charge in [-0.2, -0.15) is 0 Å². The number of ether oxygens (including phenoxy) is 1. The molecule has 1 rings (SSSR count). The van der Waals surface area contributed by atoms with Gasteiger partial charge in [0, 0.05) is 0 Å². The van der Waals surface area contributed by atoms with Crippen LogP contribution in [0, 0.1) is 5.82 Å². The molecule has 0 aliphatic rings. The molecule has 4 nitrogen and oxygen atoms in total. The van der Waals surface area contributed by atoms with Crippen molar-refractivity contribution in [2.75, 3.05) is 6.61 Å². The molecule has 1 aromatic carbocycles. The summed E-state index contributed by atoms with van der Waals surface area (Å²) in [6, 6.07) is 4.63. The molecule has 0 aliphatic carbocycles. The summed E-state index contributed by atoms with van der Waals surface area (Å²) in [6.07, 6.45) is 1.61. The molecule has 1 aromatic rings. The maximum atomic E-state index is 12.5. The Morgan fingerprint density at radius 3 is 2.69 bits per heavy atom. The van der Waals surface area contributed by atoms with Gasteiger partial charge in [-0.15, -0.1) is 0 Å². The van der Waals surface area contributed by atoms with Crippen LogP contribution in [-0.4, -0.2) is 24.8 Å². The van der Waals surface area contributed by atoms with Crippen molar-refractivity contribution in [2.45, 2.75) is 13.0 Å². The molecule has 0 spiro atoms. The number of halogens is 1. The fraction of sp³-hybridized carbons (Fsp3) is 0.273. The van der Waals surface area contributed by atoms with Gasteiger partial charge in [0.05, 0.1) is 6.04 Å². The van der Waals surface area contributed by atoms with Crippen LogP contribution in [0.5, 0.6) is 5.75 Å². The van der Waals surface area contributed by atoms with E-state index in [9.17, 15) is 14.0 Å². The van der Waals surface area contributed by atoms with Gasteiger partial charge in [0.1, 0.15) is 11.6 Å². The van der Waals surface area contributed by atoms with Crippen LogP contribution in [0.2, 0.25) is 0 Å². The van der Waals surface area contributed by atoms with Gasteiger partial charge in [0.25, 0.3) is 5.91 Å². The molecule has 0 saturated carbocycles. The van der Waals surface area contributed by atoms with Crippen LogP contribution < -0.4 is 10.1 Å². The summed E-state index contributed by atoms with van der Waals surface area (Å²) in [5.41, 5.74) is 0. The van der Waals surface area contributed by atoms with Crippen molar-refractivity contribution >= 4 is 12.2 Å². The van der Waals surface area contributed by atoms with Crippen LogP contribution in [0.15, 0.2) is 24.3 Å². The highest BCUT2D eigenvalue weighted by Crippen LogP contribution is 2.10. The van der Waals surface area contributed by atoms with Gasteiger partial charge < -0.3 is 10.1 Å². The SMILES string of the molecule is C[C@@H]([C]=O)NC(=O)COc1ccc(F)cc1. The van der Waals surface area contributed by atoms with Gasteiger partial charge in [-0.25, -0.2) is 4.39 Å². The van der Waals surface area contributed by atoms with Crippen molar-refractivity contribution in [1.82, 2.24) is 5.32 Å².